The maximum absolute atomic E-state index is 11.8. The Hall–Kier alpha value is -2.33. The molecule has 0 aliphatic heterocycles. The lowest BCUT2D eigenvalue weighted by molar-refractivity contribution is 0.101. The molecule has 0 bridgehead atoms. The van der Waals surface area contributed by atoms with E-state index in [4.69, 9.17) is 11.6 Å². The summed E-state index contributed by atoms with van der Waals surface area (Å²) in [6, 6.07) is 13.7. The van der Waals surface area contributed by atoms with E-state index in [-0.39, 0.29) is 11.8 Å². The monoisotopic (exact) mass is 302 g/mol. The maximum Gasteiger partial charge on any atom is 0.319 e. The van der Waals surface area contributed by atoms with Crippen molar-refractivity contribution in [1.29, 1.82) is 0 Å². The molecular weight excluding hydrogens is 288 g/mol. The second-order valence-electron chi connectivity index (χ2n) is 4.57. The number of anilines is 1. The van der Waals surface area contributed by atoms with E-state index < -0.39 is 0 Å². The van der Waals surface area contributed by atoms with Gasteiger partial charge >= 0.3 is 6.03 Å². The average molecular weight is 303 g/mol. The van der Waals surface area contributed by atoms with Crippen molar-refractivity contribution in [2.75, 3.05) is 5.32 Å². The second-order valence-corrected chi connectivity index (χ2v) is 5.01. The fourth-order valence-electron chi connectivity index (χ4n) is 1.79. The SMILES string of the molecule is CC(=O)c1ccc(NC(=O)NCc2cccc(Cl)c2)cc1. The Morgan fingerprint density at radius 1 is 1.10 bits per heavy atom. The fraction of sp³-hybridized carbons (Fsp3) is 0.125. The molecule has 0 unspecified atom stereocenters. The number of rotatable bonds is 4. The van der Waals surface area contributed by atoms with Crippen molar-refractivity contribution in [2.24, 2.45) is 0 Å². The summed E-state index contributed by atoms with van der Waals surface area (Å²) in [4.78, 5) is 22.9. The van der Waals surface area contributed by atoms with Crippen LogP contribution in [-0.2, 0) is 6.54 Å². The van der Waals surface area contributed by atoms with E-state index in [1.807, 2.05) is 12.1 Å². The van der Waals surface area contributed by atoms with Crippen LogP contribution in [-0.4, -0.2) is 11.8 Å². The Bertz CT molecular complexity index is 654. The zero-order valence-electron chi connectivity index (χ0n) is 11.5. The Balaban J connectivity index is 1.88. The first-order chi connectivity index (χ1) is 10.0. The number of urea groups is 1. The van der Waals surface area contributed by atoms with Crippen LogP contribution in [0, 0.1) is 0 Å². The standard InChI is InChI=1S/C16H15ClN2O2/c1-11(20)13-5-7-15(8-6-13)19-16(21)18-10-12-3-2-4-14(17)9-12/h2-9H,10H2,1H3,(H2,18,19,21). The van der Waals surface area contributed by atoms with Crippen LogP contribution >= 0.6 is 11.6 Å². The molecule has 0 saturated heterocycles. The number of nitrogens with one attached hydrogen (secondary N) is 2. The van der Waals surface area contributed by atoms with Crippen molar-refractivity contribution < 1.29 is 9.59 Å². The maximum atomic E-state index is 11.8. The molecule has 4 nitrogen and oxygen atoms in total. The molecular formula is C16H15ClN2O2. The summed E-state index contributed by atoms with van der Waals surface area (Å²) in [6.07, 6.45) is 0. The van der Waals surface area contributed by atoms with Gasteiger partial charge in [0.05, 0.1) is 0 Å². The topological polar surface area (TPSA) is 58.2 Å². The largest absolute Gasteiger partial charge is 0.334 e. The zero-order chi connectivity index (χ0) is 15.2. The highest BCUT2D eigenvalue weighted by Gasteiger charge is 2.03. The van der Waals surface area contributed by atoms with E-state index in [9.17, 15) is 9.59 Å². The number of carbonyl (C=O) groups excluding carboxylic acids is 2. The molecule has 2 rings (SSSR count). The summed E-state index contributed by atoms with van der Waals surface area (Å²) < 4.78 is 0. The van der Waals surface area contributed by atoms with Gasteiger partial charge in [0, 0.05) is 22.8 Å². The lowest BCUT2D eigenvalue weighted by atomic mass is 10.1. The molecule has 0 radical (unpaired) electrons. The summed E-state index contributed by atoms with van der Waals surface area (Å²) in [5.74, 6) is -0.00745. The van der Waals surface area contributed by atoms with Crippen LogP contribution in [0.25, 0.3) is 0 Å². The third-order valence-electron chi connectivity index (χ3n) is 2.89. The van der Waals surface area contributed by atoms with Gasteiger partial charge in [-0.2, -0.15) is 0 Å². The minimum atomic E-state index is -0.314. The molecule has 0 atom stereocenters. The van der Waals surface area contributed by atoms with E-state index in [2.05, 4.69) is 10.6 Å². The summed E-state index contributed by atoms with van der Waals surface area (Å²) in [5.41, 5.74) is 2.16. The highest BCUT2D eigenvalue weighted by atomic mass is 35.5. The third-order valence-corrected chi connectivity index (χ3v) is 3.13. The molecule has 0 spiro atoms. The Morgan fingerprint density at radius 2 is 1.81 bits per heavy atom. The molecule has 0 aliphatic rings. The minimum absolute atomic E-state index is 0.00745. The third kappa shape index (κ3) is 4.61. The molecule has 0 saturated carbocycles. The average Bonchev–Trinajstić information content (AvgIpc) is 2.46. The lowest BCUT2D eigenvalue weighted by Gasteiger charge is -2.08. The van der Waals surface area contributed by atoms with Gasteiger partial charge in [0.2, 0.25) is 0 Å². The normalized spacial score (nSPS) is 10.0. The molecule has 2 aromatic carbocycles. The van der Waals surface area contributed by atoms with Gasteiger partial charge in [-0.1, -0.05) is 23.7 Å². The Labute approximate surface area is 128 Å². The zero-order valence-corrected chi connectivity index (χ0v) is 12.3. The molecule has 0 aliphatic carbocycles. The van der Waals surface area contributed by atoms with E-state index in [0.29, 0.717) is 22.8 Å². The van der Waals surface area contributed by atoms with Gasteiger partial charge in [0.15, 0.2) is 5.78 Å². The molecule has 0 heterocycles. The van der Waals surface area contributed by atoms with E-state index in [1.54, 1.807) is 36.4 Å². The number of hydrogen-bond acceptors (Lipinski definition) is 2. The summed E-state index contributed by atoms with van der Waals surface area (Å²) in [7, 11) is 0. The van der Waals surface area contributed by atoms with Crippen LogP contribution < -0.4 is 10.6 Å². The Morgan fingerprint density at radius 3 is 2.43 bits per heavy atom. The number of ketones is 1. The fourth-order valence-corrected chi connectivity index (χ4v) is 2.01. The first-order valence-electron chi connectivity index (χ1n) is 6.45. The number of hydrogen-bond donors (Lipinski definition) is 2. The first-order valence-corrected chi connectivity index (χ1v) is 6.83. The molecule has 5 heteroatoms. The van der Waals surface area contributed by atoms with Gasteiger partial charge in [-0.3, -0.25) is 4.79 Å². The lowest BCUT2D eigenvalue weighted by Crippen LogP contribution is -2.28. The van der Waals surface area contributed by atoms with E-state index >= 15 is 0 Å². The predicted octanol–water partition coefficient (Wildman–Crippen LogP) is 3.86. The highest BCUT2D eigenvalue weighted by Crippen LogP contribution is 2.11. The van der Waals surface area contributed by atoms with Crippen molar-refractivity contribution in [3.05, 3.63) is 64.7 Å². The number of Topliss-reactive ketones (excluding diaryl/α,β-unsaturated/α-hetero) is 1. The van der Waals surface area contributed by atoms with Crippen molar-refractivity contribution in [3.63, 3.8) is 0 Å². The molecule has 2 aromatic rings. The summed E-state index contributed by atoms with van der Waals surface area (Å²) in [5, 5.41) is 6.07. The van der Waals surface area contributed by atoms with Crippen LogP contribution in [0.1, 0.15) is 22.8 Å². The second kappa shape index (κ2) is 6.90. The van der Waals surface area contributed by atoms with Crippen molar-refractivity contribution in [1.82, 2.24) is 5.32 Å². The number of benzene rings is 2. The van der Waals surface area contributed by atoms with Gasteiger partial charge in [0.25, 0.3) is 0 Å². The number of carbonyl (C=O) groups is 2. The summed E-state index contributed by atoms with van der Waals surface area (Å²) in [6.45, 7) is 1.89. The molecule has 2 N–H and O–H groups in total. The van der Waals surface area contributed by atoms with Crippen LogP contribution in [0.4, 0.5) is 10.5 Å². The molecule has 108 valence electrons. The van der Waals surface area contributed by atoms with Crippen molar-refractivity contribution >= 4 is 29.1 Å². The molecule has 21 heavy (non-hydrogen) atoms. The summed E-state index contributed by atoms with van der Waals surface area (Å²) >= 11 is 5.87. The molecule has 0 fully saturated rings. The minimum Gasteiger partial charge on any atom is -0.334 e. The van der Waals surface area contributed by atoms with Crippen LogP contribution in [0.2, 0.25) is 5.02 Å². The van der Waals surface area contributed by atoms with Gasteiger partial charge in [-0.05, 0) is 48.9 Å². The van der Waals surface area contributed by atoms with Crippen LogP contribution in [0.5, 0.6) is 0 Å². The smallest absolute Gasteiger partial charge is 0.319 e. The molecule has 2 amide bonds. The molecule has 0 aromatic heterocycles. The van der Waals surface area contributed by atoms with Crippen LogP contribution in [0.3, 0.4) is 0 Å². The van der Waals surface area contributed by atoms with Crippen molar-refractivity contribution in [3.8, 4) is 0 Å². The van der Waals surface area contributed by atoms with Gasteiger partial charge in [-0.25, -0.2) is 4.79 Å². The Kier molecular flexibility index (Phi) is 4.95. The first kappa shape index (κ1) is 15.1. The van der Waals surface area contributed by atoms with E-state index in [0.717, 1.165) is 5.56 Å². The highest BCUT2D eigenvalue weighted by molar-refractivity contribution is 6.30. The van der Waals surface area contributed by atoms with Gasteiger partial charge < -0.3 is 10.6 Å². The number of amides is 2. The predicted molar refractivity (Wildman–Crippen MR) is 83.8 cm³/mol. The van der Waals surface area contributed by atoms with Gasteiger partial charge in [0.1, 0.15) is 0 Å². The van der Waals surface area contributed by atoms with E-state index in [1.165, 1.54) is 6.92 Å². The van der Waals surface area contributed by atoms with Crippen molar-refractivity contribution in [2.45, 2.75) is 13.5 Å². The number of halogens is 1. The van der Waals surface area contributed by atoms with Crippen LogP contribution in [0.15, 0.2) is 48.5 Å². The van der Waals surface area contributed by atoms with Gasteiger partial charge in [-0.15, -0.1) is 0 Å². The quantitative estimate of drug-likeness (QED) is 0.842.